The lowest BCUT2D eigenvalue weighted by molar-refractivity contribution is 0.146. The summed E-state index contributed by atoms with van der Waals surface area (Å²) in [5.41, 5.74) is 1.91. The molecule has 0 spiro atoms. The van der Waals surface area contributed by atoms with Gasteiger partial charge >= 0.3 is 0 Å². The first kappa shape index (κ1) is 18.2. The molecule has 120 valence electrons. The highest BCUT2D eigenvalue weighted by Gasteiger charge is 2.26. The average molecular weight is 290 g/mol. The van der Waals surface area contributed by atoms with Crippen molar-refractivity contribution in [2.24, 2.45) is 5.41 Å². The smallest absolute Gasteiger partial charge is 0.0233 e. The molecule has 2 heteroatoms. The van der Waals surface area contributed by atoms with Crippen LogP contribution in [0.5, 0.6) is 0 Å². The summed E-state index contributed by atoms with van der Waals surface area (Å²) in [6.07, 6.45) is 1.20. The van der Waals surface area contributed by atoms with Gasteiger partial charge < -0.3 is 5.32 Å². The van der Waals surface area contributed by atoms with Crippen molar-refractivity contribution in [1.29, 1.82) is 0 Å². The second-order valence-electron chi connectivity index (χ2n) is 7.56. The van der Waals surface area contributed by atoms with Gasteiger partial charge in [0.15, 0.2) is 0 Å². The van der Waals surface area contributed by atoms with Gasteiger partial charge in [-0.25, -0.2) is 0 Å². The number of hydrogen-bond acceptors (Lipinski definition) is 2. The van der Waals surface area contributed by atoms with Gasteiger partial charge in [0.1, 0.15) is 0 Å². The predicted molar refractivity (Wildman–Crippen MR) is 93.5 cm³/mol. The van der Waals surface area contributed by atoms with E-state index >= 15 is 0 Å². The van der Waals surface area contributed by atoms with Gasteiger partial charge in [-0.15, -0.1) is 0 Å². The van der Waals surface area contributed by atoms with E-state index in [1.165, 1.54) is 12.0 Å². The van der Waals surface area contributed by atoms with Crippen LogP contribution in [0.25, 0.3) is 0 Å². The summed E-state index contributed by atoms with van der Waals surface area (Å²) >= 11 is 0. The van der Waals surface area contributed by atoms with E-state index in [2.05, 4.69) is 82.1 Å². The van der Waals surface area contributed by atoms with E-state index in [0.717, 1.165) is 26.2 Å². The molecule has 1 rings (SSSR count). The van der Waals surface area contributed by atoms with Crippen molar-refractivity contribution >= 4 is 0 Å². The van der Waals surface area contributed by atoms with Crippen LogP contribution in [-0.4, -0.2) is 30.1 Å². The van der Waals surface area contributed by atoms with Crippen LogP contribution in [0.4, 0.5) is 0 Å². The number of rotatable bonds is 8. The number of nitrogens with one attached hydrogen (secondary N) is 1. The van der Waals surface area contributed by atoms with Crippen molar-refractivity contribution in [3.05, 3.63) is 35.9 Å². The van der Waals surface area contributed by atoms with Gasteiger partial charge in [-0.2, -0.15) is 0 Å². The Hall–Kier alpha value is -0.860. The number of nitrogens with zero attached hydrogens (tertiary/aromatic N) is 1. The Labute approximate surface area is 131 Å². The van der Waals surface area contributed by atoms with Crippen molar-refractivity contribution in [2.45, 2.75) is 60.0 Å². The minimum absolute atomic E-state index is 0.187. The van der Waals surface area contributed by atoms with Gasteiger partial charge in [0.05, 0.1) is 0 Å². The summed E-state index contributed by atoms with van der Waals surface area (Å²) in [5, 5.41) is 3.68. The van der Waals surface area contributed by atoms with E-state index in [9.17, 15) is 0 Å². The third-order valence-corrected chi connectivity index (χ3v) is 4.20. The summed E-state index contributed by atoms with van der Waals surface area (Å²) in [4.78, 5) is 2.56. The van der Waals surface area contributed by atoms with Crippen molar-refractivity contribution in [3.8, 4) is 0 Å². The lowest BCUT2D eigenvalue weighted by Crippen LogP contribution is -2.47. The zero-order valence-electron chi connectivity index (χ0n) is 14.9. The maximum absolute atomic E-state index is 3.68. The minimum atomic E-state index is 0.187. The van der Waals surface area contributed by atoms with Crippen LogP contribution in [0.1, 0.15) is 53.5 Å². The molecule has 1 aromatic carbocycles. The molecular weight excluding hydrogens is 256 g/mol. The van der Waals surface area contributed by atoms with Crippen LogP contribution < -0.4 is 5.32 Å². The molecule has 0 heterocycles. The SMILES string of the molecule is CCN(Cc1ccccc1)CC(C)(CC)CNC(C)(C)C. The van der Waals surface area contributed by atoms with Gasteiger partial charge in [0.25, 0.3) is 0 Å². The Morgan fingerprint density at radius 3 is 2.10 bits per heavy atom. The monoisotopic (exact) mass is 290 g/mol. The molecule has 2 nitrogen and oxygen atoms in total. The fourth-order valence-electron chi connectivity index (χ4n) is 2.43. The molecule has 1 unspecified atom stereocenters. The molecular formula is C19H34N2. The highest BCUT2D eigenvalue weighted by Crippen LogP contribution is 2.23. The molecule has 0 aliphatic heterocycles. The van der Waals surface area contributed by atoms with Crippen LogP contribution >= 0.6 is 0 Å². The van der Waals surface area contributed by atoms with Crippen molar-refractivity contribution < 1.29 is 0 Å². The molecule has 1 aromatic rings. The first-order valence-electron chi connectivity index (χ1n) is 8.29. The van der Waals surface area contributed by atoms with E-state index in [1.807, 2.05) is 0 Å². The standard InChI is InChI=1S/C19H34N2/c1-7-19(6,15-20-18(3,4)5)16-21(8-2)14-17-12-10-9-11-13-17/h9-13,20H,7-8,14-16H2,1-6H3. The molecule has 0 saturated carbocycles. The number of hydrogen-bond donors (Lipinski definition) is 1. The molecule has 21 heavy (non-hydrogen) atoms. The lowest BCUT2D eigenvalue weighted by atomic mass is 9.85. The Morgan fingerprint density at radius 1 is 1.00 bits per heavy atom. The normalized spacial score (nSPS) is 15.2. The van der Waals surface area contributed by atoms with Crippen molar-refractivity contribution in [1.82, 2.24) is 10.2 Å². The van der Waals surface area contributed by atoms with Gasteiger partial charge in [0, 0.05) is 25.2 Å². The Kier molecular flexibility index (Phi) is 6.89. The molecule has 0 radical (unpaired) electrons. The summed E-state index contributed by atoms with van der Waals surface area (Å²) < 4.78 is 0. The summed E-state index contributed by atoms with van der Waals surface area (Å²) in [6, 6.07) is 10.8. The van der Waals surface area contributed by atoms with Crippen LogP contribution in [-0.2, 0) is 6.54 Å². The predicted octanol–water partition coefficient (Wildman–Crippen LogP) is 4.31. The molecule has 0 saturated heterocycles. The van der Waals surface area contributed by atoms with E-state index in [-0.39, 0.29) is 5.54 Å². The second-order valence-corrected chi connectivity index (χ2v) is 7.56. The third-order valence-electron chi connectivity index (χ3n) is 4.20. The quantitative estimate of drug-likeness (QED) is 0.767. The van der Waals surface area contributed by atoms with Gasteiger partial charge in [0.2, 0.25) is 0 Å². The first-order chi connectivity index (χ1) is 9.78. The van der Waals surface area contributed by atoms with E-state index < -0.39 is 0 Å². The maximum atomic E-state index is 3.68. The average Bonchev–Trinajstić information content (AvgIpc) is 2.45. The van der Waals surface area contributed by atoms with Gasteiger partial charge in [-0.1, -0.05) is 51.1 Å². The van der Waals surface area contributed by atoms with Crippen LogP contribution in [0.3, 0.4) is 0 Å². The molecule has 1 N–H and O–H groups in total. The Balaban J connectivity index is 2.63. The summed E-state index contributed by atoms with van der Waals surface area (Å²) in [7, 11) is 0. The van der Waals surface area contributed by atoms with Crippen LogP contribution in [0, 0.1) is 5.41 Å². The van der Waals surface area contributed by atoms with E-state index in [1.54, 1.807) is 0 Å². The molecule has 0 amide bonds. The lowest BCUT2D eigenvalue weighted by Gasteiger charge is -2.37. The molecule has 0 aromatic heterocycles. The topological polar surface area (TPSA) is 15.3 Å². The maximum Gasteiger partial charge on any atom is 0.0233 e. The minimum Gasteiger partial charge on any atom is -0.311 e. The van der Waals surface area contributed by atoms with E-state index in [4.69, 9.17) is 0 Å². The molecule has 0 aliphatic rings. The first-order valence-corrected chi connectivity index (χ1v) is 8.29. The molecule has 1 atom stereocenters. The Bertz CT molecular complexity index is 394. The van der Waals surface area contributed by atoms with E-state index in [0.29, 0.717) is 5.41 Å². The largest absolute Gasteiger partial charge is 0.311 e. The second kappa shape index (κ2) is 7.95. The van der Waals surface area contributed by atoms with Crippen molar-refractivity contribution in [2.75, 3.05) is 19.6 Å². The van der Waals surface area contributed by atoms with Gasteiger partial charge in [-0.05, 0) is 44.7 Å². The summed E-state index contributed by atoms with van der Waals surface area (Å²) in [5.74, 6) is 0. The zero-order chi connectivity index (χ0) is 15.9. The van der Waals surface area contributed by atoms with Crippen LogP contribution in [0.15, 0.2) is 30.3 Å². The summed E-state index contributed by atoms with van der Waals surface area (Å²) in [6.45, 7) is 18.0. The molecule has 0 fully saturated rings. The fraction of sp³-hybridized carbons (Fsp3) is 0.684. The van der Waals surface area contributed by atoms with Gasteiger partial charge in [-0.3, -0.25) is 4.90 Å². The van der Waals surface area contributed by atoms with Crippen molar-refractivity contribution in [3.63, 3.8) is 0 Å². The Morgan fingerprint density at radius 2 is 1.62 bits per heavy atom. The molecule has 0 bridgehead atoms. The molecule has 0 aliphatic carbocycles. The zero-order valence-corrected chi connectivity index (χ0v) is 14.9. The number of benzene rings is 1. The van der Waals surface area contributed by atoms with Crippen LogP contribution in [0.2, 0.25) is 0 Å². The highest BCUT2D eigenvalue weighted by molar-refractivity contribution is 5.14. The highest BCUT2D eigenvalue weighted by atomic mass is 15.1. The fourth-order valence-corrected chi connectivity index (χ4v) is 2.43. The third kappa shape index (κ3) is 7.10.